The van der Waals surface area contributed by atoms with Crippen LogP contribution in [0.1, 0.15) is 29.3 Å². The average molecular weight is 365 g/mol. The van der Waals surface area contributed by atoms with Gasteiger partial charge in [-0.1, -0.05) is 0 Å². The maximum atomic E-state index is 11.7. The molecule has 0 unspecified atom stereocenters. The van der Waals surface area contributed by atoms with E-state index in [0.717, 1.165) is 57.1 Å². The third-order valence-corrected chi connectivity index (χ3v) is 4.27. The Morgan fingerprint density at radius 2 is 2.12 bits per heavy atom. The summed E-state index contributed by atoms with van der Waals surface area (Å²) in [6.07, 6.45) is 1.03. The van der Waals surface area contributed by atoms with Crippen LogP contribution in [-0.4, -0.2) is 62.0 Å². The lowest BCUT2D eigenvalue weighted by Gasteiger charge is -2.26. The fourth-order valence-electron chi connectivity index (χ4n) is 2.64. The summed E-state index contributed by atoms with van der Waals surface area (Å²) in [6.45, 7) is 9.65. The molecular weight excluding hydrogens is 338 g/mol. The minimum Gasteiger partial charge on any atom is -0.462 e. The number of rotatable bonds is 7. The predicted octanol–water partition coefficient (Wildman–Crippen LogP) is 2.18. The van der Waals surface area contributed by atoms with E-state index < -0.39 is 0 Å². The molecule has 1 heterocycles. The van der Waals surface area contributed by atoms with Gasteiger partial charge in [-0.25, -0.2) is 4.79 Å². The molecule has 1 aliphatic rings. The van der Waals surface area contributed by atoms with Crippen LogP contribution in [-0.2, 0) is 9.47 Å². The number of hydrogen-bond donors (Lipinski definition) is 2. The largest absolute Gasteiger partial charge is 0.462 e. The molecule has 6 nitrogen and oxygen atoms in total. The first-order chi connectivity index (χ1) is 12.1. The van der Waals surface area contributed by atoms with Gasteiger partial charge in [0, 0.05) is 25.3 Å². The number of thiocarbonyl (C=S) groups is 1. The molecule has 2 rings (SSSR count). The number of ether oxygens (including phenoxy) is 2. The van der Waals surface area contributed by atoms with Crippen LogP contribution in [0, 0.1) is 6.92 Å². The van der Waals surface area contributed by atoms with Crippen molar-refractivity contribution in [3.8, 4) is 0 Å². The Bertz CT molecular complexity index is 589. The summed E-state index contributed by atoms with van der Waals surface area (Å²) >= 11 is 5.34. The van der Waals surface area contributed by atoms with E-state index in [1.54, 1.807) is 19.1 Å². The van der Waals surface area contributed by atoms with E-state index in [4.69, 9.17) is 21.7 Å². The van der Waals surface area contributed by atoms with Crippen LogP contribution in [0.15, 0.2) is 18.2 Å². The van der Waals surface area contributed by atoms with Crippen LogP contribution in [0.25, 0.3) is 0 Å². The molecule has 0 bridgehead atoms. The summed E-state index contributed by atoms with van der Waals surface area (Å²) in [5.74, 6) is -0.305. The number of nitrogens with zero attached hydrogens (tertiary/aromatic N) is 1. The lowest BCUT2D eigenvalue weighted by Crippen LogP contribution is -2.38. The molecule has 0 amide bonds. The second-order valence-electron chi connectivity index (χ2n) is 5.94. The van der Waals surface area contributed by atoms with Gasteiger partial charge in [0.15, 0.2) is 5.11 Å². The maximum Gasteiger partial charge on any atom is 0.338 e. The third kappa shape index (κ3) is 6.61. The van der Waals surface area contributed by atoms with E-state index in [-0.39, 0.29) is 5.97 Å². The van der Waals surface area contributed by atoms with Gasteiger partial charge in [-0.15, -0.1) is 0 Å². The van der Waals surface area contributed by atoms with E-state index in [1.165, 1.54) is 0 Å². The van der Waals surface area contributed by atoms with Crippen molar-refractivity contribution in [1.82, 2.24) is 10.2 Å². The van der Waals surface area contributed by atoms with Gasteiger partial charge in [-0.05, 0) is 62.8 Å². The van der Waals surface area contributed by atoms with Crippen molar-refractivity contribution in [2.75, 3.05) is 51.3 Å². The van der Waals surface area contributed by atoms with Crippen molar-refractivity contribution in [3.05, 3.63) is 29.3 Å². The van der Waals surface area contributed by atoms with Crippen LogP contribution >= 0.6 is 12.2 Å². The molecule has 25 heavy (non-hydrogen) atoms. The standard InChI is InChI=1S/C18H27N3O3S/c1-3-24-17(22)15-5-6-16(14(2)13-15)20-18(25)19-7-4-8-21-9-11-23-12-10-21/h5-6,13H,3-4,7-12H2,1-2H3,(H2,19,20,25). The topological polar surface area (TPSA) is 62.8 Å². The van der Waals surface area contributed by atoms with Gasteiger partial charge in [0.25, 0.3) is 0 Å². The van der Waals surface area contributed by atoms with Crippen LogP contribution in [0.3, 0.4) is 0 Å². The molecule has 0 aliphatic carbocycles. The molecule has 0 atom stereocenters. The summed E-state index contributed by atoms with van der Waals surface area (Å²) in [5, 5.41) is 7.00. The lowest BCUT2D eigenvalue weighted by atomic mass is 10.1. The second kappa shape index (κ2) is 10.3. The molecular formula is C18H27N3O3S. The third-order valence-electron chi connectivity index (χ3n) is 4.03. The average Bonchev–Trinajstić information content (AvgIpc) is 2.61. The fraction of sp³-hybridized carbons (Fsp3) is 0.556. The highest BCUT2D eigenvalue weighted by molar-refractivity contribution is 7.80. The maximum absolute atomic E-state index is 11.7. The Hall–Kier alpha value is -1.70. The number of morpholine rings is 1. The molecule has 1 aromatic rings. The minimum absolute atomic E-state index is 0.305. The number of carbonyl (C=O) groups is 1. The summed E-state index contributed by atoms with van der Waals surface area (Å²) in [4.78, 5) is 14.1. The Balaban J connectivity index is 1.73. The molecule has 0 radical (unpaired) electrons. The zero-order valence-electron chi connectivity index (χ0n) is 15.0. The number of hydrogen-bond acceptors (Lipinski definition) is 5. The first-order valence-electron chi connectivity index (χ1n) is 8.73. The molecule has 1 aromatic carbocycles. The van der Waals surface area contributed by atoms with Gasteiger partial charge in [-0.2, -0.15) is 0 Å². The molecule has 138 valence electrons. The van der Waals surface area contributed by atoms with Crippen molar-refractivity contribution in [1.29, 1.82) is 0 Å². The number of aryl methyl sites for hydroxylation is 1. The first kappa shape index (κ1) is 19.6. The van der Waals surface area contributed by atoms with Gasteiger partial charge >= 0.3 is 5.97 Å². The Morgan fingerprint density at radius 3 is 2.80 bits per heavy atom. The molecule has 0 spiro atoms. The van der Waals surface area contributed by atoms with Gasteiger partial charge in [0.1, 0.15) is 0 Å². The summed E-state index contributed by atoms with van der Waals surface area (Å²) in [6, 6.07) is 5.40. The van der Waals surface area contributed by atoms with Crippen molar-refractivity contribution in [2.45, 2.75) is 20.3 Å². The summed E-state index contributed by atoms with van der Waals surface area (Å²) < 4.78 is 10.4. The van der Waals surface area contributed by atoms with Crippen molar-refractivity contribution in [2.24, 2.45) is 0 Å². The van der Waals surface area contributed by atoms with E-state index in [9.17, 15) is 4.79 Å². The molecule has 1 saturated heterocycles. The smallest absolute Gasteiger partial charge is 0.338 e. The minimum atomic E-state index is -0.305. The Kier molecular flexibility index (Phi) is 8.11. The lowest BCUT2D eigenvalue weighted by molar-refractivity contribution is 0.0376. The van der Waals surface area contributed by atoms with Crippen molar-refractivity contribution < 1.29 is 14.3 Å². The highest BCUT2D eigenvalue weighted by Crippen LogP contribution is 2.17. The van der Waals surface area contributed by atoms with E-state index in [2.05, 4.69) is 15.5 Å². The molecule has 0 saturated carbocycles. The Labute approximate surface area is 154 Å². The SMILES string of the molecule is CCOC(=O)c1ccc(NC(=S)NCCCN2CCOCC2)c(C)c1. The number of nitrogens with one attached hydrogen (secondary N) is 2. The Morgan fingerprint density at radius 1 is 1.36 bits per heavy atom. The predicted molar refractivity (Wildman–Crippen MR) is 103 cm³/mol. The van der Waals surface area contributed by atoms with Crippen LogP contribution in [0.4, 0.5) is 5.69 Å². The highest BCUT2D eigenvalue weighted by Gasteiger charge is 2.10. The first-order valence-corrected chi connectivity index (χ1v) is 9.13. The number of benzene rings is 1. The van der Waals surface area contributed by atoms with Gasteiger partial charge in [0.05, 0.1) is 25.4 Å². The second-order valence-corrected chi connectivity index (χ2v) is 6.35. The quantitative estimate of drug-likeness (QED) is 0.436. The zero-order chi connectivity index (χ0) is 18.1. The number of anilines is 1. The van der Waals surface area contributed by atoms with Crippen LogP contribution < -0.4 is 10.6 Å². The molecule has 2 N–H and O–H groups in total. The van der Waals surface area contributed by atoms with Crippen molar-refractivity contribution in [3.63, 3.8) is 0 Å². The molecule has 0 aromatic heterocycles. The zero-order valence-corrected chi connectivity index (χ0v) is 15.8. The van der Waals surface area contributed by atoms with Crippen LogP contribution in [0.5, 0.6) is 0 Å². The van der Waals surface area contributed by atoms with E-state index >= 15 is 0 Å². The van der Waals surface area contributed by atoms with Gasteiger partial charge in [0.2, 0.25) is 0 Å². The van der Waals surface area contributed by atoms with E-state index in [1.807, 2.05) is 13.0 Å². The normalized spacial score (nSPS) is 14.8. The summed E-state index contributed by atoms with van der Waals surface area (Å²) in [7, 11) is 0. The number of esters is 1. The monoisotopic (exact) mass is 365 g/mol. The highest BCUT2D eigenvalue weighted by atomic mass is 32.1. The van der Waals surface area contributed by atoms with Crippen LogP contribution in [0.2, 0.25) is 0 Å². The molecule has 7 heteroatoms. The summed E-state index contributed by atoms with van der Waals surface area (Å²) in [5.41, 5.74) is 2.39. The van der Waals surface area contributed by atoms with E-state index in [0.29, 0.717) is 17.3 Å². The van der Waals surface area contributed by atoms with Gasteiger partial charge < -0.3 is 20.1 Å². The molecule has 1 aliphatic heterocycles. The van der Waals surface area contributed by atoms with Gasteiger partial charge in [-0.3, -0.25) is 4.90 Å². The van der Waals surface area contributed by atoms with Crippen molar-refractivity contribution >= 4 is 29.0 Å². The number of carbonyl (C=O) groups excluding carboxylic acids is 1. The fourth-order valence-corrected chi connectivity index (χ4v) is 2.85. The molecule has 1 fully saturated rings.